The second-order valence-corrected chi connectivity index (χ2v) is 6.22. The lowest BCUT2D eigenvalue weighted by atomic mass is 10.1. The Bertz CT molecular complexity index is 779. The van der Waals surface area contributed by atoms with Crippen LogP contribution >= 0.6 is 0 Å². The number of amides is 2. The number of unbranched alkanes of at least 4 members (excludes halogenated alkanes) is 1. The summed E-state index contributed by atoms with van der Waals surface area (Å²) in [6.07, 6.45) is 3.18. The van der Waals surface area contributed by atoms with Crippen LogP contribution in [0.15, 0.2) is 52.1 Å². The van der Waals surface area contributed by atoms with Gasteiger partial charge in [0, 0.05) is 19.6 Å². The number of rotatable bonds is 8. The van der Waals surface area contributed by atoms with Crippen molar-refractivity contribution in [1.82, 2.24) is 15.5 Å². The molecule has 2 aromatic rings. The first kappa shape index (κ1) is 18.7. The summed E-state index contributed by atoms with van der Waals surface area (Å²) in [7, 11) is 0. The van der Waals surface area contributed by atoms with E-state index in [1.807, 2.05) is 19.1 Å². The van der Waals surface area contributed by atoms with E-state index in [1.165, 1.54) is 4.90 Å². The molecule has 0 fully saturated rings. The number of furan rings is 1. The number of nitrogens with one attached hydrogen (secondary N) is 2. The molecular weight excluding hydrogens is 344 g/mol. The number of carbonyl (C=O) groups excluding carboxylic acids is 2. The van der Waals surface area contributed by atoms with Crippen LogP contribution in [0, 0.1) is 0 Å². The summed E-state index contributed by atoms with van der Waals surface area (Å²) in [5.41, 5.74) is 1.00. The molecule has 0 saturated carbocycles. The van der Waals surface area contributed by atoms with Gasteiger partial charge in [-0.1, -0.05) is 12.1 Å². The molecule has 1 aromatic heterocycles. The molecule has 2 amide bonds. The van der Waals surface area contributed by atoms with Crippen LogP contribution in [0.1, 0.15) is 46.2 Å². The van der Waals surface area contributed by atoms with Crippen LogP contribution in [0.2, 0.25) is 0 Å². The molecular formula is C20H24N4O3. The molecule has 3 rings (SSSR count). The van der Waals surface area contributed by atoms with E-state index in [9.17, 15) is 9.59 Å². The van der Waals surface area contributed by atoms with Gasteiger partial charge in [-0.15, -0.1) is 0 Å². The smallest absolute Gasteiger partial charge is 0.261 e. The van der Waals surface area contributed by atoms with Gasteiger partial charge in [0.1, 0.15) is 12.3 Å². The molecule has 2 heterocycles. The standard InChI is InChI=1S/C20H24N4O3/c1-2-21-20(23-14-15-8-7-13-27-15)22-11-5-6-12-24-18(25)16-9-3-4-10-17(16)19(24)26/h3-4,7-10,13H,2,5-6,11-12,14H2,1H3,(H2,21,22,23). The van der Waals surface area contributed by atoms with Crippen LogP contribution in [0.3, 0.4) is 0 Å². The number of aliphatic imine (C=N–C) groups is 1. The zero-order chi connectivity index (χ0) is 19.1. The van der Waals surface area contributed by atoms with Crippen LogP contribution < -0.4 is 10.6 Å². The summed E-state index contributed by atoms with van der Waals surface area (Å²) in [5.74, 6) is 1.13. The number of fused-ring (bicyclic) bond motifs is 1. The van der Waals surface area contributed by atoms with Crippen molar-refractivity contribution in [1.29, 1.82) is 0 Å². The number of guanidine groups is 1. The van der Waals surface area contributed by atoms with Gasteiger partial charge >= 0.3 is 0 Å². The minimum absolute atomic E-state index is 0.197. The van der Waals surface area contributed by atoms with E-state index in [1.54, 1.807) is 30.5 Å². The molecule has 0 radical (unpaired) electrons. The highest BCUT2D eigenvalue weighted by Gasteiger charge is 2.34. The molecule has 0 atom stereocenters. The van der Waals surface area contributed by atoms with Gasteiger partial charge in [0.25, 0.3) is 11.8 Å². The summed E-state index contributed by atoms with van der Waals surface area (Å²) in [5, 5.41) is 6.44. The van der Waals surface area contributed by atoms with E-state index in [-0.39, 0.29) is 11.8 Å². The Hall–Kier alpha value is -3.09. The van der Waals surface area contributed by atoms with Crippen molar-refractivity contribution in [2.24, 2.45) is 4.99 Å². The summed E-state index contributed by atoms with van der Waals surface area (Å²) >= 11 is 0. The van der Waals surface area contributed by atoms with Crippen LogP contribution in [0.5, 0.6) is 0 Å². The third-order valence-corrected chi connectivity index (χ3v) is 4.30. The van der Waals surface area contributed by atoms with Gasteiger partial charge in [0.2, 0.25) is 0 Å². The lowest BCUT2D eigenvalue weighted by Crippen LogP contribution is -2.38. The fourth-order valence-electron chi connectivity index (χ4n) is 2.95. The summed E-state index contributed by atoms with van der Waals surface area (Å²) in [6.45, 7) is 4.37. The van der Waals surface area contributed by atoms with E-state index >= 15 is 0 Å². The highest BCUT2D eigenvalue weighted by Crippen LogP contribution is 2.22. The monoisotopic (exact) mass is 368 g/mol. The Kier molecular flexibility index (Phi) is 6.25. The van der Waals surface area contributed by atoms with Gasteiger partial charge in [-0.25, -0.2) is 4.99 Å². The quantitative estimate of drug-likeness (QED) is 0.323. The predicted molar refractivity (Wildman–Crippen MR) is 103 cm³/mol. The molecule has 1 aliphatic rings. The van der Waals surface area contributed by atoms with Gasteiger partial charge in [-0.2, -0.15) is 0 Å². The Morgan fingerprint density at radius 2 is 1.78 bits per heavy atom. The molecule has 1 aliphatic heterocycles. The third-order valence-electron chi connectivity index (χ3n) is 4.30. The second kappa shape index (κ2) is 9.02. The van der Waals surface area contributed by atoms with Gasteiger partial charge in [0.05, 0.1) is 17.4 Å². The van der Waals surface area contributed by atoms with Crippen molar-refractivity contribution in [2.45, 2.75) is 26.3 Å². The second-order valence-electron chi connectivity index (χ2n) is 6.22. The molecule has 142 valence electrons. The Balaban J connectivity index is 1.42. The Morgan fingerprint density at radius 3 is 2.41 bits per heavy atom. The van der Waals surface area contributed by atoms with Crippen molar-refractivity contribution in [3.8, 4) is 0 Å². The van der Waals surface area contributed by atoms with Gasteiger partial charge in [0.15, 0.2) is 5.96 Å². The fourth-order valence-corrected chi connectivity index (χ4v) is 2.95. The molecule has 1 aromatic carbocycles. The molecule has 0 unspecified atom stereocenters. The number of imide groups is 1. The minimum atomic E-state index is -0.197. The van der Waals surface area contributed by atoms with Crippen molar-refractivity contribution in [3.05, 3.63) is 59.5 Å². The first-order chi connectivity index (χ1) is 13.2. The lowest BCUT2D eigenvalue weighted by molar-refractivity contribution is 0.0652. The van der Waals surface area contributed by atoms with Gasteiger partial charge in [-0.3, -0.25) is 14.5 Å². The molecule has 7 nitrogen and oxygen atoms in total. The topological polar surface area (TPSA) is 86.9 Å². The van der Waals surface area contributed by atoms with Crippen LogP contribution in [0.25, 0.3) is 0 Å². The highest BCUT2D eigenvalue weighted by atomic mass is 16.3. The molecule has 2 N–H and O–H groups in total. The molecule has 27 heavy (non-hydrogen) atoms. The number of carbonyl (C=O) groups is 2. The van der Waals surface area contributed by atoms with Crippen molar-refractivity contribution in [3.63, 3.8) is 0 Å². The number of benzene rings is 1. The average Bonchev–Trinajstić information content (AvgIpc) is 3.28. The number of hydrogen-bond acceptors (Lipinski definition) is 4. The van der Waals surface area contributed by atoms with E-state index in [2.05, 4.69) is 15.6 Å². The molecule has 0 bridgehead atoms. The van der Waals surface area contributed by atoms with Gasteiger partial charge in [-0.05, 0) is 44.0 Å². The van der Waals surface area contributed by atoms with Crippen molar-refractivity contribution >= 4 is 17.8 Å². The van der Waals surface area contributed by atoms with E-state index in [0.717, 1.165) is 31.1 Å². The molecule has 0 spiro atoms. The Labute approximate surface area is 158 Å². The summed E-state index contributed by atoms with van der Waals surface area (Å²) in [4.78, 5) is 30.4. The van der Waals surface area contributed by atoms with E-state index < -0.39 is 0 Å². The molecule has 0 saturated heterocycles. The zero-order valence-corrected chi connectivity index (χ0v) is 15.4. The van der Waals surface area contributed by atoms with Crippen molar-refractivity contribution < 1.29 is 14.0 Å². The van der Waals surface area contributed by atoms with Crippen LogP contribution in [-0.2, 0) is 6.54 Å². The predicted octanol–water partition coefficient (Wildman–Crippen LogP) is 2.41. The SMILES string of the molecule is CCNC(=NCc1ccco1)NCCCCN1C(=O)c2ccccc2C1=O. The maximum absolute atomic E-state index is 12.3. The Morgan fingerprint density at radius 1 is 1.04 bits per heavy atom. The fraction of sp³-hybridized carbons (Fsp3) is 0.350. The van der Waals surface area contributed by atoms with Crippen LogP contribution in [-0.4, -0.2) is 42.3 Å². The summed E-state index contributed by atoms with van der Waals surface area (Å²) in [6, 6.07) is 10.7. The highest BCUT2D eigenvalue weighted by molar-refractivity contribution is 6.21. The van der Waals surface area contributed by atoms with Crippen molar-refractivity contribution in [2.75, 3.05) is 19.6 Å². The third kappa shape index (κ3) is 4.55. The number of hydrogen-bond donors (Lipinski definition) is 2. The average molecular weight is 368 g/mol. The first-order valence-corrected chi connectivity index (χ1v) is 9.20. The minimum Gasteiger partial charge on any atom is -0.467 e. The van der Waals surface area contributed by atoms with Crippen LogP contribution in [0.4, 0.5) is 0 Å². The molecule has 7 heteroatoms. The first-order valence-electron chi connectivity index (χ1n) is 9.20. The number of nitrogens with zero attached hydrogens (tertiary/aromatic N) is 2. The zero-order valence-electron chi connectivity index (χ0n) is 15.4. The lowest BCUT2D eigenvalue weighted by Gasteiger charge is -2.14. The molecule has 0 aliphatic carbocycles. The van der Waals surface area contributed by atoms with E-state index in [4.69, 9.17) is 4.42 Å². The summed E-state index contributed by atoms with van der Waals surface area (Å²) < 4.78 is 5.28. The normalized spacial score (nSPS) is 13.8. The maximum atomic E-state index is 12.3. The van der Waals surface area contributed by atoms with Gasteiger partial charge < -0.3 is 15.1 Å². The maximum Gasteiger partial charge on any atom is 0.261 e. The largest absolute Gasteiger partial charge is 0.467 e. The van der Waals surface area contributed by atoms with E-state index in [0.29, 0.717) is 30.8 Å².